The van der Waals surface area contributed by atoms with Gasteiger partial charge in [-0.15, -0.1) is 10.2 Å². The Morgan fingerprint density at radius 3 is 2.50 bits per heavy atom. The summed E-state index contributed by atoms with van der Waals surface area (Å²) in [5.41, 5.74) is 3.12. The maximum atomic E-state index is 12.4. The van der Waals surface area contributed by atoms with E-state index in [4.69, 9.17) is 9.47 Å². The lowest BCUT2D eigenvalue weighted by Gasteiger charge is -2.08. The van der Waals surface area contributed by atoms with Crippen LogP contribution in [0.2, 0.25) is 0 Å². The van der Waals surface area contributed by atoms with Gasteiger partial charge < -0.3 is 19.4 Å². The Bertz CT molecular complexity index is 1000. The molecule has 0 radical (unpaired) electrons. The molecule has 0 atom stereocenters. The summed E-state index contributed by atoms with van der Waals surface area (Å²) in [6, 6.07) is 13.3. The van der Waals surface area contributed by atoms with Crippen LogP contribution in [0.4, 0.5) is 5.69 Å². The molecule has 7 nitrogen and oxygen atoms in total. The largest absolute Gasteiger partial charge is 0.497 e. The third kappa shape index (κ3) is 5.76. The second-order valence-electron chi connectivity index (χ2n) is 6.85. The summed E-state index contributed by atoms with van der Waals surface area (Å²) in [6.45, 7) is 4.60. The molecule has 0 aliphatic heterocycles. The number of aromatic nitrogens is 3. The Morgan fingerprint density at radius 1 is 1.07 bits per heavy atom. The van der Waals surface area contributed by atoms with Gasteiger partial charge in [-0.1, -0.05) is 17.8 Å². The van der Waals surface area contributed by atoms with E-state index in [0.29, 0.717) is 18.2 Å². The zero-order chi connectivity index (χ0) is 21.5. The molecular formula is C22H26N4O3S. The zero-order valence-corrected chi connectivity index (χ0v) is 18.5. The molecule has 0 spiro atoms. The Labute approximate surface area is 180 Å². The molecular weight excluding hydrogens is 400 g/mol. The average Bonchev–Trinajstić information content (AvgIpc) is 3.08. The number of carbonyl (C=O) groups excluding carboxylic acids is 1. The third-order valence-electron chi connectivity index (χ3n) is 4.68. The van der Waals surface area contributed by atoms with E-state index in [2.05, 4.69) is 15.5 Å². The van der Waals surface area contributed by atoms with E-state index in [1.54, 1.807) is 7.11 Å². The van der Waals surface area contributed by atoms with E-state index in [1.807, 2.05) is 67.9 Å². The number of hydrogen-bond acceptors (Lipinski definition) is 6. The summed E-state index contributed by atoms with van der Waals surface area (Å²) in [5, 5.41) is 12.0. The van der Waals surface area contributed by atoms with Crippen LogP contribution < -0.4 is 14.8 Å². The summed E-state index contributed by atoms with van der Waals surface area (Å²) in [6.07, 6.45) is 0.166. The lowest BCUT2D eigenvalue weighted by molar-refractivity contribution is -0.115. The molecule has 8 heteroatoms. The zero-order valence-electron chi connectivity index (χ0n) is 17.6. The first-order valence-electron chi connectivity index (χ1n) is 9.61. The molecule has 0 aliphatic rings. The number of benzene rings is 2. The molecule has 0 saturated carbocycles. The maximum absolute atomic E-state index is 12.4. The molecule has 3 aromatic rings. The van der Waals surface area contributed by atoms with Crippen molar-refractivity contribution < 1.29 is 14.3 Å². The highest BCUT2D eigenvalue weighted by molar-refractivity contribution is 7.99. The maximum Gasteiger partial charge on any atom is 0.232 e. The van der Waals surface area contributed by atoms with Crippen LogP contribution in [0, 0.1) is 13.8 Å². The fraction of sp³-hybridized carbons (Fsp3) is 0.318. The van der Waals surface area contributed by atoms with Crippen LogP contribution in [-0.4, -0.2) is 40.1 Å². The normalized spacial score (nSPS) is 10.7. The van der Waals surface area contributed by atoms with E-state index in [0.717, 1.165) is 27.9 Å². The molecule has 30 heavy (non-hydrogen) atoms. The van der Waals surface area contributed by atoms with Gasteiger partial charge in [0.15, 0.2) is 5.16 Å². The molecule has 0 saturated heterocycles. The van der Waals surface area contributed by atoms with Crippen molar-refractivity contribution in [3.63, 3.8) is 0 Å². The van der Waals surface area contributed by atoms with Gasteiger partial charge in [-0.05, 0) is 61.4 Å². The van der Waals surface area contributed by atoms with Gasteiger partial charge in [0.1, 0.15) is 17.3 Å². The molecule has 1 aromatic heterocycles. The Kier molecular flexibility index (Phi) is 7.35. The highest BCUT2D eigenvalue weighted by atomic mass is 32.2. The van der Waals surface area contributed by atoms with Crippen molar-refractivity contribution in [2.75, 3.05) is 24.8 Å². The number of methoxy groups -OCH3 is 1. The Balaban J connectivity index is 1.47. The molecule has 0 unspecified atom stereocenters. The standard InChI is InChI=1S/C22H26N4O3S/c1-15-5-6-17(13-16(15)2)23-21(27)14-20-24-25-22(26(20)3)30-12-11-29-19-9-7-18(28-4)8-10-19/h5-10,13H,11-12,14H2,1-4H3,(H,23,27). The van der Waals surface area contributed by atoms with Crippen LogP contribution in [0.5, 0.6) is 11.5 Å². The summed E-state index contributed by atoms with van der Waals surface area (Å²) in [4.78, 5) is 12.4. The van der Waals surface area contributed by atoms with E-state index in [9.17, 15) is 4.79 Å². The van der Waals surface area contributed by atoms with Crippen molar-refractivity contribution >= 4 is 23.4 Å². The fourth-order valence-electron chi connectivity index (χ4n) is 2.76. The molecule has 0 aliphatic carbocycles. The first-order valence-corrected chi connectivity index (χ1v) is 10.6. The second kappa shape index (κ2) is 10.2. The average molecular weight is 427 g/mol. The van der Waals surface area contributed by atoms with Gasteiger partial charge in [-0.2, -0.15) is 0 Å². The van der Waals surface area contributed by atoms with Crippen LogP contribution in [0.3, 0.4) is 0 Å². The number of hydrogen-bond donors (Lipinski definition) is 1. The number of thioether (sulfide) groups is 1. The van der Waals surface area contributed by atoms with E-state index >= 15 is 0 Å². The van der Waals surface area contributed by atoms with Gasteiger partial charge in [-0.25, -0.2) is 0 Å². The van der Waals surface area contributed by atoms with Crippen LogP contribution in [0.15, 0.2) is 47.6 Å². The minimum atomic E-state index is -0.117. The van der Waals surface area contributed by atoms with Gasteiger partial charge in [0.05, 0.1) is 20.1 Å². The molecule has 158 valence electrons. The quantitative estimate of drug-likeness (QED) is 0.414. The lowest BCUT2D eigenvalue weighted by atomic mass is 10.1. The fourth-order valence-corrected chi connectivity index (χ4v) is 3.50. The molecule has 0 fully saturated rings. The van der Waals surface area contributed by atoms with Crippen LogP contribution in [-0.2, 0) is 18.3 Å². The smallest absolute Gasteiger partial charge is 0.232 e. The minimum absolute atomic E-state index is 0.117. The Hall–Kier alpha value is -3.00. The van der Waals surface area contributed by atoms with Gasteiger partial charge in [0.2, 0.25) is 5.91 Å². The lowest BCUT2D eigenvalue weighted by Crippen LogP contribution is -2.17. The van der Waals surface area contributed by atoms with E-state index in [1.165, 1.54) is 17.3 Å². The molecule has 2 aromatic carbocycles. The van der Waals surface area contributed by atoms with E-state index < -0.39 is 0 Å². The first kappa shape index (κ1) is 21.7. The third-order valence-corrected chi connectivity index (χ3v) is 5.66. The van der Waals surface area contributed by atoms with Gasteiger partial charge in [0, 0.05) is 18.5 Å². The molecule has 1 amide bonds. The predicted molar refractivity (Wildman–Crippen MR) is 118 cm³/mol. The number of carbonyl (C=O) groups is 1. The van der Waals surface area contributed by atoms with Gasteiger partial charge >= 0.3 is 0 Å². The minimum Gasteiger partial charge on any atom is -0.497 e. The van der Waals surface area contributed by atoms with Crippen molar-refractivity contribution in [2.24, 2.45) is 7.05 Å². The summed E-state index contributed by atoms with van der Waals surface area (Å²) in [5.74, 6) is 2.80. The number of anilines is 1. The molecule has 0 bridgehead atoms. The van der Waals surface area contributed by atoms with Crippen molar-refractivity contribution in [1.82, 2.24) is 14.8 Å². The van der Waals surface area contributed by atoms with Gasteiger partial charge in [0.25, 0.3) is 0 Å². The highest BCUT2D eigenvalue weighted by Crippen LogP contribution is 2.20. The van der Waals surface area contributed by atoms with Crippen molar-refractivity contribution in [3.05, 3.63) is 59.4 Å². The van der Waals surface area contributed by atoms with Gasteiger partial charge in [-0.3, -0.25) is 4.79 Å². The summed E-state index contributed by atoms with van der Waals surface area (Å²) >= 11 is 1.54. The molecule has 3 rings (SSSR count). The topological polar surface area (TPSA) is 78.3 Å². The number of rotatable bonds is 9. The molecule has 1 heterocycles. The number of aryl methyl sites for hydroxylation is 2. The first-order chi connectivity index (χ1) is 14.5. The number of ether oxygens (including phenoxy) is 2. The Morgan fingerprint density at radius 2 is 1.80 bits per heavy atom. The van der Waals surface area contributed by atoms with Crippen molar-refractivity contribution in [2.45, 2.75) is 25.4 Å². The van der Waals surface area contributed by atoms with Crippen LogP contribution in [0.1, 0.15) is 17.0 Å². The SMILES string of the molecule is COc1ccc(OCCSc2nnc(CC(=O)Nc3ccc(C)c(C)c3)n2C)cc1. The highest BCUT2D eigenvalue weighted by Gasteiger charge is 2.13. The van der Waals surface area contributed by atoms with E-state index in [-0.39, 0.29) is 12.3 Å². The van der Waals surface area contributed by atoms with Crippen LogP contribution in [0.25, 0.3) is 0 Å². The van der Waals surface area contributed by atoms with Crippen molar-refractivity contribution in [3.8, 4) is 11.5 Å². The summed E-state index contributed by atoms with van der Waals surface area (Å²) in [7, 11) is 3.50. The van der Waals surface area contributed by atoms with Crippen LogP contribution >= 0.6 is 11.8 Å². The van der Waals surface area contributed by atoms with Crippen molar-refractivity contribution in [1.29, 1.82) is 0 Å². The monoisotopic (exact) mass is 426 g/mol. The number of nitrogens with one attached hydrogen (secondary N) is 1. The molecule has 1 N–H and O–H groups in total. The summed E-state index contributed by atoms with van der Waals surface area (Å²) < 4.78 is 12.7. The predicted octanol–water partition coefficient (Wildman–Crippen LogP) is 3.79. The number of amides is 1. The number of nitrogens with zero attached hydrogens (tertiary/aromatic N) is 3. The second-order valence-corrected chi connectivity index (χ2v) is 7.92.